The molecule has 2 fully saturated rings. The van der Waals surface area contributed by atoms with Crippen molar-refractivity contribution in [1.82, 2.24) is 9.47 Å². The van der Waals surface area contributed by atoms with Crippen molar-refractivity contribution in [3.05, 3.63) is 39.9 Å². The number of piperazine rings is 1. The van der Waals surface area contributed by atoms with Crippen molar-refractivity contribution in [3.8, 4) is 0 Å². The molecule has 1 N–H and O–H groups in total. The number of carboxylic acid groups (broad SMARTS) is 1. The predicted molar refractivity (Wildman–Crippen MR) is 111 cm³/mol. The van der Waals surface area contributed by atoms with Gasteiger partial charge >= 0.3 is 5.97 Å². The maximum atomic E-state index is 15.0. The standard InChI is InChI=1S/C22H28FN3O3/c1-13(2)10-24-6-7-25(11-14(24)3)20-9-19-16(8-18(20)23)21(27)17(22(28)29)12-26(19)15-4-5-15/h8-9,12-15H,4-7,10-11H2,1-3H3,(H,28,29). The van der Waals surface area contributed by atoms with Crippen LogP contribution in [0.25, 0.3) is 10.9 Å². The van der Waals surface area contributed by atoms with E-state index in [-0.39, 0.29) is 17.0 Å². The summed E-state index contributed by atoms with van der Waals surface area (Å²) in [7, 11) is 0. The van der Waals surface area contributed by atoms with Gasteiger partial charge in [-0.1, -0.05) is 13.8 Å². The lowest BCUT2D eigenvalue weighted by Gasteiger charge is -2.41. The molecule has 2 aromatic rings. The minimum Gasteiger partial charge on any atom is -0.477 e. The van der Waals surface area contributed by atoms with E-state index in [0.29, 0.717) is 23.2 Å². The number of rotatable bonds is 5. The third kappa shape index (κ3) is 3.75. The maximum Gasteiger partial charge on any atom is 0.341 e. The average molecular weight is 401 g/mol. The van der Waals surface area contributed by atoms with Crippen LogP contribution in [0.5, 0.6) is 0 Å². The Morgan fingerprint density at radius 3 is 2.59 bits per heavy atom. The van der Waals surface area contributed by atoms with E-state index in [0.717, 1.165) is 39.0 Å². The molecule has 4 rings (SSSR count). The molecule has 1 aliphatic heterocycles. The van der Waals surface area contributed by atoms with Crippen LogP contribution in [0.1, 0.15) is 50.0 Å². The van der Waals surface area contributed by atoms with Crippen LogP contribution in [-0.2, 0) is 0 Å². The molecular formula is C22H28FN3O3. The summed E-state index contributed by atoms with van der Waals surface area (Å²) in [4.78, 5) is 28.6. The van der Waals surface area contributed by atoms with Crippen molar-refractivity contribution < 1.29 is 14.3 Å². The molecule has 1 aliphatic carbocycles. The molecule has 1 saturated heterocycles. The first-order valence-electron chi connectivity index (χ1n) is 10.4. The number of nitrogens with zero attached hydrogens (tertiary/aromatic N) is 3. The first kappa shape index (κ1) is 19.9. The second-order valence-electron chi connectivity index (χ2n) is 8.82. The number of halogens is 1. The van der Waals surface area contributed by atoms with Crippen LogP contribution >= 0.6 is 0 Å². The Balaban J connectivity index is 1.74. The number of hydrogen-bond acceptors (Lipinski definition) is 4. The fourth-order valence-corrected chi connectivity index (χ4v) is 4.36. The first-order valence-corrected chi connectivity index (χ1v) is 10.4. The lowest BCUT2D eigenvalue weighted by Crippen LogP contribution is -2.53. The summed E-state index contributed by atoms with van der Waals surface area (Å²) >= 11 is 0. The van der Waals surface area contributed by atoms with Gasteiger partial charge in [0.05, 0.1) is 11.2 Å². The van der Waals surface area contributed by atoms with Crippen LogP contribution in [0.15, 0.2) is 23.1 Å². The van der Waals surface area contributed by atoms with Gasteiger partial charge in [0.15, 0.2) is 0 Å². The minimum absolute atomic E-state index is 0.143. The Bertz CT molecular complexity index is 1010. The molecule has 1 unspecified atom stereocenters. The number of carboxylic acids is 1. The Kier molecular flexibility index (Phi) is 5.11. The van der Waals surface area contributed by atoms with Crippen LogP contribution < -0.4 is 10.3 Å². The average Bonchev–Trinajstić information content (AvgIpc) is 3.48. The monoisotopic (exact) mass is 401 g/mol. The van der Waals surface area contributed by atoms with Crippen LogP contribution in [0.3, 0.4) is 0 Å². The number of pyridine rings is 1. The van der Waals surface area contributed by atoms with Gasteiger partial charge in [-0.3, -0.25) is 9.69 Å². The summed E-state index contributed by atoms with van der Waals surface area (Å²) in [5.41, 5.74) is 0.194. The summed E-state index contributed by atoms with van der Waals surface area (Å²) < 4.78 is 16.9. The summed E-state index contributed by atoms with van der Waals surface area (Å²) in [6, 6.07) is 3.45. The van der Waals surface area contributed by atoms with E-state index in [1.807, 2.05) is 9.47 Å². The highest BCUT2D eigenvalue weighted by atomic mass is 19.1. The van der Waals surface area contributed by atoms with Gasteiger partial charge in [0, 0.05) is 49.8 Å². The molecule has 6 nitrogen and oxygen atoms in total. The summed E-state index contributed by atoms with van der Waals surface area (Å²) in [6.45, 7) is 9.89. The molecule has 7 heteroatoms. The van der Waals surface area contributed by atoms with Crippen LogP contribution in [0.2, 0.25) is 0 Å². The number of aromatic nitrogens is 1. The normalized spacial score (nSPS) is 20.6. The van der Waals surface area contributed by atoms with Crippen molar-refractivity contribution in [1.29, 1.82) is 0 Å². The van der Waals surface area contributed by atoms with E-state index >= 15 is 4.39 Å². The Morgan fingerprint density at radius 1 is 1.28 bits per heavy atom. The molecule has 0 bridgehead atoms. The van der Waals surface area contributed by atoms with E-state index in [9.17, 15) is 14.7 Å². The molecule has 0 amide bonds. The molecule has 2 aliphatic rings. The molecule has 0 spiro atoms. The van der Waals surface area contributed by atoms with Gasteiger partial charge in [0.25, 0.3) is 0 Å². The van der Waals surface area contributed by atoms with Crippen molar-refractivity contribution in [2.24, 2.45) is 5.92 Å². The van der Waals surface area contributed by atoms with E-state index < -0.39 is 17.2 Å². The number of hydrogen-bond donors (Lipinski definition) is 1. The van der Waals surface area contributed by atoms with Gasteiger partial charge in [-0.25, -0.2) is 9.18 Å². The van der Waals surface area contributed by atoms with E-state index in [1.165, 1.54) is 12.3 Å². The molecular weight excluding hydrogens is 373 g/mol. The van der Waals surface area contributed by atoms with E-state index in [1.54, 1.807) is 6.07 Å². The van der Waals surface area contributed by atoms with Crippen LogP contribution in [0, 0.1) is 11.7 Å². The van der Waals surface area contributed by atoms with Crippen molar-refractivity contribution in [2.45, 2.75) is 45.7 Å². The smallest absolute Gasteiger partial charge is 0.341 e. The molecule has 2 heterocycles. The van der Waals surface area contributed by atoms with Crippen molar-refractivity contribution in [3.63, 3.8) is 0 Å². The fourth-order valence-electron chi connectivity index (χ4n) is 4.36. The molecule has 1 atom stereocenters. The summed E-state index contributed by atoms with van der Waals surface area (Å²) in [6.07, 6.45) is 3.30. The number of carbonyl (C=O) groups is 1. The largest absolute Gasteiger partial charge is 0.477 e. The molecule has 0 radical (unpaired) electrons. The molecule has 1 aromatic carbocycles. The zero-order valence-electron chi connectivity index (χ0n) is 17.2. The van der Waals surface area contributed by atoms with Crippen LogP contribution in [-0.4, -0.2) is 52.8 Å². The number of aromatic carboxylic acids is 1. The number of benzene rings is 1. The second-order valence-corrected chi connectivity index (χ2v) is 8.82. The molecule has 29 heavy (non-hydrogen) atoms. The van der Waals surface area contributed by atoms with Crippen molar-refractivity contribution >= 4 is 22.6 Å². The maximum absolute atomic E-state index is 15.0. The van der Waals surface area contributed by atoms with E-state index in [2.05, 4.69) is 25.7 Å². The lowest BCUT2D eigenvalue weighted by molar-refractivity contribution is 0.0695. The van der Waals surface area contributed by atoms with Gasteiger partial charge in [-0.2, -0.15) is 0 Å². The lowest BCUT2D eigenvalue weighted by atomic mass is 10.1. The summed E-state index contributed by atoms with van der Waals surface area (Å²) in [5.74, 6) is -1.16. The Morgan fingerprint density at radius 2 is 2.00 bits per heavy atom. The quantitative estimate of drug-likeness (QED) is 0.832. The number of anilines is 1. The minimum atomic E-state index is -1.27. The first-order chi connectivity index (χ1) is 13.8. The molecule has 156 valence electrons. The Labute approximate surface area is 169 Å². The zero-order chi connectivity index (χ0) is 20.9. The third-order valence-corrected chi connectivity index (χ3v) is 5.98. The molecule has 1 aromatic heterocycles. The van der Waals surface area contributed by atoms with Gasteiger partial charge < -0.3 is 14.6 Å². The highest BCUT2D eigenvalue weighted by molar-refractivity contribution is 5.93. The van der Waals surface area contributed by atoms with Gasteiger partial charge in [0.2, 0.25) is 5.43 Å². The zero-order valence-corrected chi connectivity index (χ0v) is 17.2. The van der Waals surface area contributed by atoms with Crippen LogP contribution in [0.4, 0.5) is 10.1 Å². The summed E-state index contributed by atoms with van der Waals surface area (Å²) in [5, 5.41) is 9.52. The Hall–Kier alpha value is -2.41. The topological polar surface area (TPSA) is 65.8 Å². The number of fused-ring (bicyclic) bond motifs is 1. The van der Waals surface area contributed by atoms with Gasteiger partial charge in [-0.15, -0.1) is 0 Å². The fraction of sp³-hybridized carbons (Fsp3) is 0.545. The highest BCUT2D eigenvalue weighted by Crippen LogP contribution is 2.38. The SMILES string of the molecule is CC(C)CN1CCN(c2cc3c(cc2F)c(=O)c(C(=O)O)cn3C2CC2)CC1C. The van der Waals surface area contributed by atoms with Gasteiger partial charge in [0.1, 0.15) is 11.4 Å². The van der Waals surface area contributed by atoms with Gasteiger partial charge in [-0.05, 0) is 37.8 Å². The molecule has 1 saturated carbocycles. The second kappa shape index (κ2) is 7.44. The predicted octanol–water partition coefficient (Wildman–Crippen LogP) is 3.34. The highest BCUT2D eigenvalue weighted by Gasteiger charge is 2.29. The van der Waals surface area contributed by atoms with Crippen molar-refractivity contribution in [2.75, 3.05) is 31.1 Å². The third-order valence-electron chi connectivity index (χ3n) is 5.98. The van der Waals surface area contributed by atoms with E-state index in [4.69, 9.17) is 0 Å².